The molecule has 9 heteroatoms. The van der Waals surface area contributed by atoms with E-state index in [1.54, 1.807) is 0 Å². The number of rotatable bonds is 0. The molecule has 0 rings (SSSR count). The van der Waals surface area contributed by atoms with E-state index < -0.39 is 9.05 Å². The minimum absolute atomic E-state index is 0. The monoisotopic (exact) mass is 240 g/mol. The van der Waals surface area contributed by atoms with Gasteiger partial charge < -0.3 is 33.2 Å². The standard InChI is InChI=1S/3Ca.H4O4Si.H2O.6H/c;;;1-5(2,3)4;;;;;;;/h;;;1-4H;1H2;;;;;;/q3*+2;;;6*-1. The molecule has 9 heavy (non-hydrogen) atoms. The largest absolute Gasteiger partial charge is 2.00 e. The second kappa shape index (κ2) is 14.3. The van der Waals surface area contributed by atoms with Gasteiger partial charge in [0, 0.05) is 0 Å². The van der Waals surface area contributed by atoms with E-state index in [0.29, 0.717) is 0 Å². The summed E-state index contributed by atoms with van der Waals surface area (Å²) in [5, 5.41) is 0. The summed E-state index contributed by atoms with van der Waals surface area (Å²) in [5.41, 5.74) is 0. The van der Waals surface area contributed by atoms with Gasteiger partial charge in [-0.3, -0.25) is 0 Å². The summed E-state index contributed by atoms with van der Waals surface area (Å²) in [7, 11) is -4.61. The molecule has 0 saturated carbocycles. The van der Waals surface area contributed by atoms with Crippen LogP contribution in [0.4, 0.5) is 0 Å². The summed E-state index contributed by atoms with van der Waals surface area (Å²) in [6, 6.07) is 0. The topological polar surface area (TPSA) is 112 Å². The molecule has 0 amide bonds. The molecule has 0 spiro atoms. The maximum Gasteiger partial charge on any atom is 2.00 e. The van der Waals surface area contributed by atoms with E-state index >= 15 is 0 Å². The van der Waals surface area contributed by atoms with Crippen LogP contribution in [0.15, 0.2) is 0 Å². The SMILES string of the molecule is O.O[Si](O)(O)O.[Ca+2].[Ca+2].[Ca+2].[H-].[H-].[H-].[H-].[H-].[H-]. The van der Waals surface area contributed by atoms with Gasteiger partial charge in [0.05, 0.1) is 0 Å². The molecular weight excluding hydrogens is 228 g/mol. The van der Waals surface area contributed by atoms with Gasteiger partial charge in [0.2, 0.25) is 0 Å². The Balaban J connectivity index is -0.00000000178. The third-order valence-corrected chi connectivity index (χ3v) is 0. The van der Waals surface area contributed by atoms with Gasteiger partial charge in [0.15, 0.2) is 0 Å². The van der Waals surface area contributed by atoms with Crippen LogP contribution in [0.25, 0.3) is 0 Å². The fourth-order valence-electron chi connectivity index (χ4n) is 0. The average Bonchev–Trinajstić information content (AvgIpc) is 0.722. The predicted octanol–water partition coefficient (Wildman–Crippen LogP) is -3.90. The van der Waals surface area contributed by atoms with Crippen LogP contribution in [0.2, 0.25) is 0 Å². The normalized spacial score (nSPS) is 6.67. The predicted molar refractivity (Wildman–Crippen MR) is 42.2 cm³/mol. The summed E-state index contributed by atoms with van der Waals surface area (Å²) < 4.78 is 0. The molecular formula is H12Ca3O5Si. The molecule has 0 unspecified atom stereocenters. The van der Waals surface area contributed by atoms with E-state index in [4.69, 9.17) is 19.2 Å². The van der Waals surface area contributed by atoms with Crippen molar-refractivity contribution in [3.8, 4) is 0 Å². The third-order valence-electron chi connectivity index (χ3n) is 0. The zero-order chi connectivity index (χ0) is 4.50. The van der Waals surface area contributed by atoms with Crippen LogP contribution >= 0.6 is 0 Å². The first-order valence-electron chi connectivity index (χ1n) is 0.894. The molecule has 52 valence electrons. The van der Waals surface area contributed by atoms with E-state index in [2.05, 4.69) is 0 Å². The first-order chi connectivity index (χ1) is 2.00. The van der Waals surface area contributed by atoms with Crippen LogP contribution in [-0.4, -0.2) is 147 Å². The molecule has 0 fully saturated rings. The molecule has 0 aliphatic heterocycles. The van der Waals surface area contributed by atoms with Crippen molar-refractivity contribution in [1.29, 1.82) is 0 Å². The molecule has 6 N–H and O–H groups in total. The van der Waals surface area contributed by atoms with Gasteiger partial charge in [-0.25, -0.2) is 0 Å². The zero-order valence-electron chi connectivity index (χ0n) is 10.9. The molecule has 0 saturated heterocycles. The fraction of sp³-hybridized carbons (Fsp3) is 0. The Morgan fingerprint density at radius 3 is 0.778 bits per heavy atom. The van der Waals surface area contributed by atoms with Crippen molar-refractivity contribution >= 4 is 122 Å². The van der Waals surface area contributed by atoms with Crippen molar-refractivity contribution in [2.75, 3.05) is 0 Å². The van der Waals surface area contributed by atoms with Crippen LogP contribution in [0, 0.1) is 0 Å². The van der Waals surface area contributed by atoms with Gasteiger partial charge in [-0.05, 0) is 0 Å². The Morgan fingerprint density at radius 1 is 0.778 bits per heavy atom. The van der Waals surface area contributed by atoms with Crippen molar-refractivity contribution in [3.05, 3.63) is 0 Å². The third kappa shape index (κ3) is 78.6. The van der Waals surface area contributed by atoms with Crippen LogP contribution in [-0.2, 0) is 0 Å². The molecule has 0 aliphatic carbocycles. The molecule has 0 bridgehead atoms. The van der Waals surface area contributed by atoms with E-state index in [1.165, 1.54) is 0 Å². The molecule has 5 nitrogen and oxygen atoms in total. The molecule has 0 aromatic carbocycles. The van der Waals surface area contributed by atoms with Gasteiger partial charge >= 0.3 is 122 Å². The number of hydrogen-bond acceptors (Lipinski definition) is 4. The minimum atomic E-state index is -4.61. The van der Waals surface area contributed by atoms with Gasteiger partial charge in [0.1, 0.15) is 0 Å². The zero-order valence-corrected chi connectivity index (χ0v) is 12.5. The minimum Gasteiger partial charge on any atom is -1.00 e. The van der Waals surface area contributed by atoms with Crippen molar-refractivity contribution in [3.63, 3.8) is 0 Å². The molecule has 0 atom stereocenters. The first-order valence-corrected chi connectivity index (χ1v) is 2.68. The van der Waals surface area contributed by atoms with Crippen LogP contribution in [0.3, 0.4) is 0 Å². The summed E-state index contributed by atoms with van der Waals surface area (Å²) in [6.45, 7) is 0. The Labute approximate surface area is 152 Å². The molecule has 0 aromatic rings. The first kappa shape index (κ1) is 29.3. The van der Waals surface area contributed by atoms with Gasteiger partial charge in [-0.15, -0.1) is 0 Å². The van der Waals surface area contributed by atoms with E-state index in [0.717, 1.165) is 0 Å². The van der Waals surface area contributed by atoms with Crippen molar-refractivity contribution in [2.45, 2.75) is 0 Å². The van der Waals surface area contributed by atoms with E-state index in [-0.39, 0.29) is 127 Å². The summed E-state index contributed by atoms with van der Waals surface area (Å²) in [6.07, 6.45) is 0. The smallest absolute Gasteiger partial charge is 1.00 e. The average molecular weight is 240 g/mol. The van der Waals surface area contributed by atoms with Gasteiger partial charge in [-0.1, -0.05) is 0 Å². The van der Waals surface area contributed by atoms with E-state index in [9.17, 15) is 0 Å². The molecule has 0 radical (unpaired) electrons. The Kier molecular flexibility index (Phi) is 46.6. The maximum absolute atomic E-state index is 7.33. The maximum atomic E-state index is 7.33. The number of hydrogen-bond donors (Lipinski definition) is 4. The van der Waals surface area contributed by atoms with Crippen molar-refractivity contribution in [1.82, 2.24) is 0 Å². The van der Waals surface area contributed by atoms with Crippen LogP contribution < -0.4 is 0 Å². The summed E-state index contributed by atoms with van der Waals surface area (Å²) in [5.74, 6) is 0. The Morgan fingerprint density at radius 2 is 0.778 bits per heavy atom. The summed E-state index contributed by atoms with van der Waals surface area (Å²) in [4.78, 5) is 29.3. The molecule has 0 heterocycles. The van der Waals surface area contributed by atoms with Crippen molar-refractivity contribution in [2.24, 2.45) is 0 Å². The van der Waals surface area contributed by atoms with Crippen LogP contribution in [0.5, 0.6) is 0 Å². The van der Waals surface area contributed by atoms with E-state index in [1.807, 2.05) is 0 Å². The van der Waals surface area contributed by atoms with Gasteiger partial charge in [-0.2, -0.15) is 0 Å². The van der Waals surface area contributed by atoms with Gasteiger partial charge in [0.25, 0.3) is 0 Å². The Hall–Kier alpha value is 3.80. The second-order valence-electron chi connectivity index (χ2n) is 0.600. The molecule has 0 aromatic heterocycles. The quantitative estimate of drug-likeness (QED) is 0.324. The fourth-order valence-corrected chi connectivity index (χ4v) is 0. The molecule has 0 aliphatic rings. The summed E-state index contributed by atoms with van der Waals surface area (Å²) >= 11 is 0. The second-order valence-corrected chi connectivity index (χ2v) is 1.80. The Bertz CT molecular complexity index is 42.2. The van der Waals surface area contributed by atoms with Crippen molar-refractivity contribution < 1.29 is 33.2 Å². The van der Waals surface area contributed by atoms with Crippen LogP contribution in [0.1, 0.15) is 8.56 Å².